The normalized spacial score (nSPS) is 10.7. The first kappa shape index (κ1) is 14.0. The number of aromatic nitrogens is 2. The van der Waals surface area contributed by atoms with Gasteiger partial charge in [-0.25, -0.2) is 0 Å². The van der Waals surface area contributed by atoms with Gasteiger partial charge in [0.1, 0.15) is 0 Å². The van der Waals surface area contributed by atoms with Crippen LogP contribution in [0.4, 0.5) is 0 Å². The van der Waals surface area contributed by atoms with Gasteiger partial charge >= 0.3 is 0 Å². The van der Waals surface area contributed by atoms with Gasteiger partial charge in [-0.3, -0.25) is 13.9 Å². The Hall–Kier alpha value is -1.10. The van der Waals surface area contributed by atoms with E-state index in [0.717, 1.165) is 25.7 Å². The Morgan fingerprint density at radius 2 is 1.71 bits per heavy atom. The second-order valence-electron chi connectivity index (χ2n) is 4.13. The Bertz CT molecular complexity index is 476. The summed E-state index contributed by atoms with van der Waals surface area (Å²) in [5, 5.41) is 9.73. The minimum absolute atomic E-state index is 0.0267. The molecule has 0 aromatic carbocycles. The summed E-state index contributed by atoms with van der Waals surface area (Å²) in [7, 11) is 0. The maximum Gasteiger partial charge on any atom is 0.258 e. The second kappa shape index (κ2) is 6.59. The summed E-state index contributed by atoms with van der Waals surface area (Å²) in [6, 6.07) is 1.25. The number of rotatable bonds is 6. The van der Waals surface area contributed by atoms with Gasteiger partial charge < -0.3 is 5.11 Å². The smallest absolute Gasteiger partial charge is 0.258 e. The molecule has 0 aliphatic rings. The molecule has 1 N–H and O–H groups in total. The lowest BCUT2D eigenvalue weighted by Crippen LogP contribution is -2.24. The highest BCUT2D eigenvalue weighted by molar-refractivity contribution is 7.71. The maximum absolute atomic E-state index is 11.7. The van der Waals surface area contributed by atoms with Gasteiger partial charge in [-0.05, 0) is 25.1 Å². The van der Waals surface area contributed by atoms with E-state index in [1.54, 1.807) is 9.13 Å². The molecule has 0 spiro atoms. The summed E-state index contributed by atoms with van der Waals surface area (Å²) in [6.07, 6.45) is 3.89. The van der Waals surface area contributed by atoms with Crippen LogP contribution in [0.2, 0.25) is 0 Å². The molecule has 17 heavy (non-hydrogen) atoms. The van der Waals surface area contributed by atoms with E-state index in [2.05, 4.69) is 13.8 Å². The second-order valence-corrected chi connectivity index (χ2v) is 4.50. The van der Waals surface area contributed by atoms with Crippen LogP contribution in [-0.4, -0.2) is 14.2 Å². The minimum Gasteiger partial charge on any atom is -0.494 e. The van der Waals surface area contributed by atoms with Crippen molar-refractivity contribution in [1.29, 1.82) is 0 Å². The van der Waals surface area contributed by atoms with Gasteiger partial charge in [-0.15, -0.1) is 0 Å². The molecule has 5 heteroatoms. The van der Waals surface area contributed by atoms with Gasteiger partial charge in [-0.1, -0.05) is 26.7 Å². The molecule has 0 aliphatic heterocycles. The largest absolute Gasteiger partial charge is 0.494 e. The van der Waals surface area contributed by atoms with E-state index in [-0.39, 0.29) is 11.4 Å². The van der Waals surface area contributed by atoms with Crippen LogP contribution in [0.3, 0.4) is 0 Å². The predicted octanol–water partition coefficient (Wildman–Crippen LogP) is 2.69. The number of aromatic hydroxyl groups is 1. The van der Waals surface area contributed by atoms with E-state index < -0.39 is 0 Å². The predicted molar refractivity (Wildman–Crippen MR) is 71.0 cm³/mol. The molecule has 1 rings (SSSR count). The summed E-state index contributed by atoms with van der Waals surface area (Å²) in [5.41, 5.74) is -0.214. The molecule has 0 bridgehead atoms. The van der Waals surface area contributed by atoms with Crippen LogP contribution >= 0.6 is 12.2 Å². The third-order valence-corrected chi connectivity index (χ3v) is 3.17. The van der Waals surface area contributed by atoms with Gasteiger partial charge in [0.2, 0.25) is 0 Å². The molecule has 0 radical (unpaired) electrons. The number of nitrogens with zero attached hydrogens (tertiary/aromatic N) is 2. The monoisotopic (exact) mass is 256 g/mol. The average molecular weight is 256 g/mol. The van der Waals surface area contributed by atoms with Gasteiger partial charge in [0.15, 0.2) is 10.7 Å². The fraction of sp³-hybridized carbons (Fsp3) is 0.667. The molecule has 0 atom stereocenters. The first-order valence-corrected chi connectivity index (χ1v) is 6.56. The molecule has 0 aliphatic carbocycles. The fourth-order valence-corrected chi connectivity index (χ4v) is 2.02. The molecule has 1 aromatic rings. The lowest BCUT2D eigenvalue weighted by Gasteiger charge is -2.13. The average Bonchev–Trinajstić information content (AvgIpc) is 2.28. The maximum atomic E-state index is 11.7. The van der Waals surface area contributed by atoms with Crippen LogP contribution in [0.15, 0.2) is 10.9 Å². The van der Waals surface area contributed by atoms with Crippen molar-refractivity contribution in [1.82, 2.24) is 9.13 Å². The molecule has 0 saturated heterocycles. The van der Waals surface area contributed by atoms with Crippen molar-refractivity contribution in [3.8, 4) is 5.88 Å². The molecule has 0 fully saturated rings. The van der Waals surface area contributed by atoms with Crippen LogP contribution < -0.4 is 5.56 Å². The molecule has 0 unspecified atom stereocenters. The Morgan fingerprint density at radius 1 is 1.18 bits per heavy atom. The van der Waals surface area contributed by atoms with Crippen molar-refractivity contribution in [3.05, 3.63) is 21.2 Å². The zero-order chi connectivity index (χ0) is 12.8. The highest BCUT2D eigenvalue weighted by Crippen LogP contribution is 2.09. The summed E-state index contributed by atoms with van der Waals surface area (Å²) in [4.78, 5) is 11.7. The van der Waals surface area contributed by atoms with E-state index >= 15 is 0 Å². The quantitative estimate of drug-likeness (QED) is 0.796. The SMILES string of the molecule is CCCCn1c(O)cc(=O)n(CCCC)c1=S. The lowest BCUT2D eigenvalue weighted by molar-refractivity contribution is 0.388. The Morgan fingerprint density at radius 3 is 2.24 bits per heavy atom. The lowest BCUT2D eigenvalue weighted by atomic mass is 10.3. The minimum atomic E-state index is -0.214. The van der Waals surface area contributed by atoms with Crippen LogP contribution in [0.1, 0.15) is 39.5 Å². The standard InChI is InChI=1S/C12H20N2O2S/c1-3-5-7-13-10(15)9-11(16)14(12(13)17)8-6-4-2/h9,15H,3-8H2,1-2H3. The van der Waals surface area contributed by atoms with Crippen LogP contribution in [0, 0.1) is 4.77 Å². The Labute approximate surface area is 107 Å². The van der Waals surface area contributed by atoms with Crippen LogP contribution in [-0.2, 0) is 13.1 Å². The topological polar surface area (TPSA) is 47.2 Å². The third-order valence-electron chi connectivity index (χ3n) is 2.73. The zero-order valence-electron chi connectivity index (χ0n) is 10.5. The van der Waals surface area contributed by atoms with Crippen LogP contribution in [0.25, 0.3) is 0 Å². The first-order chi connectivity index (χ1) is 8.11. The van der Waals surface area contributed by atoms with E-state index in [9.17, 15) is 9.90 Å². The van der Waals surface area contributed by atoms with Gasteiger partial charge in [0.25, 0.3) is 5.56 Å². The van der Waals surface area contributed by atoms with Gasteiger partial charge in [0, 0.05) is 13.1 Å². The number of hydrogen-bond acceptors (Lipinski definition) is 3. The summed E-state index contributed by atoms with van der Waals surface area (Å²) >= 11 is 5.26. The molecule has 1 aromatic heterocycles. The van der Waals surface area contributed by atoms with Gasteiger partial charge in [-0.2, -0.15) is 0 Å². The van der Waals surface area contributed by atoms with Crippen LogP contribution in [0.5, 0.6) is 5.88 Å². The molecule has 0 amide bonds. The van der Waals surface area contributed by atoms with Crippen molar-refractivity contribution in [3.63, 3.8) is 0 Å². The van der Waals surface area contributed by atoms with Gasteiger partial charge in [0.05, 0.1) is 6.07 Å². The summed E-state index contributed by atoms with van der Waals surface area (Å²) in [6.45, 7) is 5.43. The van der Waals surface area contributed by atoms with E-state index in [1.165, 1.54) is 6.07 Å². The molecule has 1 heterocycles. The van der Waals surface area contributed by atoms with Crippen molar-refractivity contribution in [2.75, 3.05) is 0 Å². The molecular weight excluding hydrogens is 236 g/mol. The first-order valence-electron chi connectivity index (χ1n) is 6.15. The highest BCUT2D eigenvalue weighted by Gasteiger charge is 2.06. The van der Waals surface area contributed by atoms with Crippen molar-refractivity contribution < 1.29 is 5.11 Å². The Kier molecular flexibility index (Phi) is 5.41. The molecule has 4 nitrogen and oxygen atoms in total. The fourth-order valence-electron chi connectivity index (χ4n) is 1.65. The molecule has 0 saturated carbocycles. The number of hydrogen-bond donors (Lipinski definition) is 1. The Balaban J connectivity index is 3.13. The van der Waals surface area contributed by atoms with E-state index in [0.29, 0.717) is 17.9 Å². The summed E-state index contributed by atoms with van der Waals surface area (Å²) < 4.78 is 3.63. The van der Waals surface area contributed by atoms with E-state index in [4.69, 9.17) is 12.2 Å². The highest BCUT2D eigenvalue weighted by atomic mass is 32.1. The number of unbranched alkanes of at least 4 members (excludes halogenated alkanes) is 2. The summed E-state index contributed by atoms with van der Waals surface area (Å²) in [5.74, 6) is -0.0267. The van der Waals surface area contributed by atoms with Crippen molar-refractivity contribution >= 4 is 12.2 Å². The van der Waals surface area contributed by atoms with Crippen molar-refractivity contribution in [2.24, 2.45) is 0 Å². The third kappa shape index (κ3) is 3.43. The van der Waals surface area contributed by atoms with Crippen molar-refractivity contribution in [2.45, 2.75) is 52.6 Å². The molecular formula is C12H20N2O2S. The molecule has 96 valence electrons. The van der Waals surface area contributed by atoms with E-state index in [1.807, 2.05) is 0 Å². The zero-order valence-corrected chi connectivity index (χ0v) is 11.3.